The number of rotatable bonds is 6. The van der Waals surface area contributed by atoms with E-state index in [1.807, 2.05) is 0 Å². The van der Waals surface area contributed by atoms with Crippen LogP contribution in [0, 0.1) is 0 Å². The lowest BCUT2D eigenvalue weighted by molar-refractivity contribution is -0.122. The number of furan rings is 1. The van der Waals surface area contributed by atoms with Crippen LogP contribution in [0.3, 0.4) is 0 Å². The quantitative estimate of drug-likeness (QED) is 0.848. The second-order valence-electron chi connectivity index (χ2n) is 4.64. The average molecular weight is 335 g/mol. The topological polar surface area (TPSA) is 77.5 Å². The summed E-state index contributed by atoms with van der Waals surface area (Å²) in [7, 11) is 1.54. The summed E-state index contributed by atoms with van der Waals surface area (Å²) in [5, 5.41) is 2.91. The van der Waals surface area contributed by atoms with Crippen LogP contribution in [0.15, 0.2) is 28.9 Å². The van der Waals surface area contributed by atoms with Gasteiger partial charge < -0.3 is 20.2 Å². The Morgan fingerprint density at radius 3 is 2.82 bits per heavy atom. The number of methoxy groups -OCH3 is 1. The van der Waals surface area contributed by atoms with Crippen molar-refractivity contribution in [3.8, 4) is 5.75 Å². The number of hydrogen-bond acceptors (Lipinski definition) is 4. The van der Waals surface area contributed by atoms with Gasteiger partial charge in [0.2, 0.25) is 5.91 Å². The third-order valence-electron chi connectivity index (χ3n) is 3.06. The zero-order valence-electron chi connectivity index (χ0n) is 11.9. The van der Waals surface area contributed by atoms with E-state index in [0.29, 0.717) is 16.9 Å². The van der Waals surface area contributed by atoms with E-state index < -0.39 is 24.9 Å². The van der Waals surface area contributed by atoms with Crippen LogP contribution in [0.1, 0.15) is 5.56 Å². The number of carbonyl (C=O) groups excluding carboxylic acids is 1. The van der Waals surface area contributed by atoms with Gasteiger partial charge in [0, 0.05) is 17.0 Å². The van der Waals surface area contributed by atoms with Gasteiger partial charge in [-0.2, -0.15) is 0 Å². The second kappa shape index (κ2) is 7.42. The van der Waals surface area contributed by atoms with E-state index in [2.05, 4.69) is 5.32 Å². The summed E-state index contributed by atoms with van der Waals surface area (Å²) in [6.45, 7) is -1.58. The molecule has 0 bridgehead atoms. The van der Waals surface area contributed by atoms with E-state index in [9.17, 15) is 13.6 Å². The molecule has 5 nitrogen and oxygen atoms in total. The standard InChI is InChI=1S/C14H16F2N2O3.ClH/c1-20-10-2-3-11-9(6-21-12(11)5-10)4-13(19)18-8-14(15,16)7-17;/h2-3,5-6H,4,7-8,17H2,1H3,(H,18,19);1H. The van der Waals surface area contributed by atoms with Gasteiger partial charge in [0.1, 0.15) is 11.3 Å². The molecule has 0 aliphatic rings. The molecule has 0 saturated carbocycles. The van der Waals surface area contributed by atoms with E-state index in [1.165, 1.54) is 13.4 Å². The molecule has 8 heteroatoms. The van der Waals surface area contributed by atoms with Crippen molar-refractivity contribution < 1.29 is 22.7 Å². The molecule has 1 heterocycles. The summed E-state index contributed by atoms with van der Waals surface area (Å²) in [6, 6.07) is 5.19. The first-order valence-electron chi connectivity index (χ1n) is 6.34. The van der Waals surface area contributed by atoms with Gasteiger partial charge in [0.15, 0.2) is 0 Å². The Kier molecular flexibility index (Phi) is 6.13. The minimum Gasteiger partial charge on any atom is -0.497 e. The maximum absolute atomic E-state index is 13.0. The number of amides is 1. The highest BCUT2D eigenvalue weighted by Gasteiger charge is 2.27. The fourth-order valence-corrected chi connectivity index (χ4v) is 1.86. The molecule has 0 aliphatic carbocycles. The molecule has 2 rings (SSSR count). The molecule has 0 spiro atoms. The Balaban J connectivity index is 0.00000242. The Bertz CT molecular complexity index is 646. The van der Waals surface area contributed by atoms with Crippen LogP contribution in [0.4, 0.5) is 8.78 Å². The van der Waals surface area contributed by atoms with Crippen molar-refractivity contribution in [1.29, 1.82) is 0 Å². The first-order chi connectivity index (χ1) is 9.95. The lowest BCUT2D eigenvalue weighted by Gasteiger charge is -2.14. The van der Waals surface area contributed by atoms with Crippen molar-refractivity contribution in [1.82, 2.24) is 5.32 Å². The summed E-state index contributed by atoms with van der Waals surface area (Å²) in [5.41, 5.74) is 6.10. The number of halogens is 3. The summed E-state index contributed by atoms with van der Waals surface area (Å²) < 4.78 is 36.3. The molecule has 122 valence electrons. The molecular weight excluding hydrogens is 318 g/mol. The minimum atomic E-state index is -3.10. The summed E-state index contributed by atoms with van der Waals surface area (Å²) in [4.78, 5) is 11.7. The highest BCUT2D eigenvalue weighted by atomic mass is 35.5. The molecule has 1 amide bonds. The van der Waals surface area contributed by atoms with Crippen molar-refractivity contribution in [2.75, 3.05) is 20.2 Å². The smallest absolute Gasteiger partial charge is 0.277 e. The van der Waals surface area contributed by atoms with E-state index in [4.69, 9.17) is 14.9 Å². The number of nitrogens with two attached hydrogens (primary N) is 1. The van der Waals surface area contributed by atoms with Gasteiger partial charge >= 0.3 is 0 Å². The van der Waals surface area contributed by atoms with Gasteiger partial charge in [0.05, 0.1) is 32.9 Å². The normalized spacial score (nSPS) is 11.1. The largest absolute Gasteiger partial charge is 0.497 e. The van der Waals surface area contributed by atoms with Crippen LogP contribution in [0.2, 0.25) is 0 Å². The Labute approximate surface area is 132 Å². The number of carbonyl (C=O) groups is 1. The zero-order chi connectivity index (χ0) is 15.5. The number of benzene rings is 1. The maximum Gasteiger partial charge on any atom is 0.277 e. The Hall–Kier alpha value is -1.86. The number of fused-ring (bicyclic) bond motifs is 1. The summed E-state index contributed by atoms with van der Waals surface area (Å²) >= 11 is 0. The zero-order valence-corrected chi connectivity index (χ0v) is 12.7. The Morgan fingerprint density at radius 2 is 2.18 bits per heavy atom. The average Bonchev–Trinajstić information content (AvgIpc) is 2.87. The monoisotopic (exact) mass is 334 g/mol. The molecule has 1 aromatic carbocycles. The number of ether oxygens (including phenoxy) is 1. The van der Waals surface area contributed by atoms with Crippen molar-refractivity contribution in [3.05, 3.63) is 30.0 Å². The third-order valence-corrected chi connectivity index (χ3v) is 3.06. The molecular formula is C14H17ClF2N2O3. The SMILES string of the molecule is COc1ccc2c(CC(=O)NCC(F)(F)CN)coc2c1.Cl. The number of nitrogens with one attached hydrogen (secondary N) is 1. The van der Waals surface area contributed by atoms with Crippen LogP contribution in [-0.4, -0.2) is 32.0 Å². The van der Waals surface area contributed by atoms with E-state index in [0.717, 1.165) is 5.39 Å². The van der Waals surface area contributed by atoms with Gasteiger partial charge in [-0.15, -0.1) is 12.4 Å². The van der Waals surface area contributed by atoms with Crippen LogP contribution < -0.4 is 15.8 Å². The number of hydrogen-bond donors (Lipinski definition) is 2. The van der Waals surface area contributed by atoms with Crippen LogP contribution in [-0.2, 0) is 11.2 Å². The second-order valence-corrected chi connectivity index (χ2v) is 4.64. The predicted octanol–water partition coefficient (Wildman–Crippen LogP) is 2.12. The molecule has 0 aliphatic heterocycles. The first-order valence-corrected chi connectivity index (χ1v) is 6.34. The lowest BCUT2D eigenvalue weighted by Crippen LogP contribution is -2.42. The summed E-state index contributed by atoms with van der Waals surface area (Å²) in [5.74, 6) is -2.97. The van der Waals surface area contributed by atoms with Gasteiger partial charge in [-0.3, -0.25) is 4.79 Å². The van der Waals surface area contributed by atoms with E-state index >= 15 is 0 Å². The molecule has 2 aromatic rings. The van der Waals surface area contributed by atoms with Gasteiger partial charge in [-0.05, 0) is 12.1 Å². The minimum absolute atomic E-state index is 0. The summed E-state index contributed by atoms with van der Waals surface area (Å²) in [6.07, 6.45) is 1.39. The molecule has 1 aromatic heterocycles. The van der Waals surface area contributed by atoms with Gasteiger partial charge in [-0.25, -0.2) is 8.78 Å². The van der Waals surface area contributed by atoms with E-state index in [1.54, 1.807) is 18.2 Å². The highest BCUT2D eigenvalue weighted by Crippen LogP contribution is 2.25. The predicted molar refractivity (Wildman–Crippen MR) is 80.7 cm³/mol. The first kappa shape index (κ1) is 18.2. The molecule has 0 atom stereocenters. The van der Waals surface area contributed by atoms with Crippen molar-refractivity contribution in [2.45, 2.75) is 12.3 Å². The molecule has 0 fully saturated rings. The lowest BCUT2D eigenvalue weighted by atomic mass is 10.1. The van der Waals surface area contributed by atoms with Crippen molar-refractivity contribution in [2.24, 2.45) is 5.73 Å². The van der Waals surface area contributed by atoms with E-state index in [-0.39, 0.29) is 18.8 Å². The van der Waals surface area contributed by atoms with Crippen LogP contribution in [0.5, 0.6) is 5.75 Å². The molecule has 0 radical (unpaired) electrons. The van der Waals surface area contributed by atoms with Crippen molar-refractivity contribution in [3.63, 3.8) is 0 Å². The van der Waals surface area contributed by atoms with Crippen LogP contribution in [0.25, 0.3) is 11.0 Å². The molecule has 22 heavy (non-hydrogen) atoms. The van der Waals surface area contributed by atoms with Crippen molar-refractivity contribution >= 4 is 29.3 Å². The fraction of sp³-hybridized carbons (Fsp3) is 0.357. The maximum atomic E-state index is 13.0. The third kappa shape index (κ3) is 4.32. The molecule has 0 unspecified atom stereocenters. The highest BCUT2D eigenvalue weighted by molar-refractivity contribution is 5.88. The van der Waals surface area contributed by atoms with Gasteiger partial charge in [0.25, 0.3) is 5.92 Å². The van der Waals surface area contributed by atoms with Crippen LogP contribution >= 0.6 is 12.4 Å². The fourth-order valence-electron chi connectivity index (χ4n) is 1.86. The van der Waals surface area contributed by atoms with Gasteiger partial charge in [-0.1, -0.05) is 0 Å². The number of alkyl halides is 2. The molecule has 0 saturated heterocycles. The Morgan fingerprint density at radius 1 is 1.45 bits per heavy atom. The molecule has 3 N–H and O–H groups in total.